The van der Waals surface area contributed by atoms with E-state index in [4.69, 9.17) is 14.2 Å². The van der Waals surface area contributed by atoms with Crippen molar-refractivity contribution in [3.63, 3.8) is 0 Å². The van der Waals surface area contributed by atoms with E-state index in [1.54, 1.807) is 24.3 Å². The van der Waals surface area contributed by atoms with E-state index in [0.717, 1.165) is 12.1 Å². The molecule has 1 aliphatic rings. The molecule has 3 aromatic rings. The fourth-order valence-corrected chi connectivity index (χ4v) is 3.70. The van der Waals surface area contributed by atoms with Crippen molar-refractivity contribution in [2.45, 2.75) is 18.3 Å². The van der Waals surface area contributed by atoms with Gasteiger partial charge < -0.3 is 19.1 Å². The Morgan fingerprint density at radius 3 is 2.69 bits per heavy atom. The Balaban J connectivity index is 1.41. The molecule has 0 spiro atoms. The van der Waals surface area contributed by atoms with Crippen LogP contribution in [0.5, 0.6) is 11.6 Å². The Labute approximate surface area is 198 Å². The second-order valence-electron chi connectivity index (χ2n) is 8.21. The molecule has 0 saturated carbocycles. The Hall–Kier alpha value is -3.31. The number of halogens is 4. The maximum absolute atomic E-state index is 15.0. The molecule has 3 heterocycles. The highest BCUT2D eigenvalue weighted by Crippen LogP contribution is 2.31. The first-order chi connectivity index (χ1) is 16.7. The van der Waals surface area contributed by atoms with Gasteiger partial charge >= 0.3 is 6.18 Å². The predicted molar refractivity (Wildman–Crippen MR) is 118 cm³/mol. The van der Waals surface area contributed by atoms with Crippen LogP contribution in [0.2, 0.25) is 0 Å². The number of likely N-dealkylation sites (tertiary alicyclic amines) is 1. The summed E-state index contributed by atoms with van der Waals surface area (Å²) in [4.78, 5) is 22.4. The lowest BCUT2D eigenvalue weighted by molar-refractivity contribution is -0.137. The summed E-state index contributed by atoms with van der Waals surface area (Å²) in [6, 6.07) is 10.1. The van der Waals surface area contributed by atoms with Crippen LogP contribution in [0.1, 0.15) is 22.5 Å². The first-order valence-electron chi connectivity index (χ1n) is 10.8. The van der Waals surface area contributed by atoms with Crippen LogP contribution in [0.25, 0.3) is 10.9 Å². The third-order valence-electron chi connectivity index (χ3n) is 5.55. The molecule has 4 rings (SSSR count). The van der Waals surface area contributed by atoms with Crippen LogP contribution in [0.4, 0.5) is 17.6 Å². The summed E-state index contributed by atoms with van der Waals surface area (Å²) in [7, 11) is 1.53. The Morgan fingerprint density at radius 2 is 1.97 bits per heavy atom. The van der Waals surface area contributed by atoms with Crippen LogP contribution >= 0.6 is 0 Å². The lowest BCUT2D eigenvalue weighted by Crippen LogP contribution is -2.37. The second kappa shape index (κ2) is 10.1. The number of hydrogen-bond acceptors (Lipinski definition) is 6. The van der Waals surface area contributed by atoms with Crippen LogP contribution in [0, 0.1) is 0 Å². The average Bonchev–Trinajstić information content (AvgIpc) is 3.23. The summed E-state index contributed by atoms with van der Waals surface area (Å²) in [6.45, 7) is 0.721. The van der Waals surface area contributed by atoms with Crippen LogP contribution in [-0.2, 0) is 15.7 Å². The van der Waals surface area contributed by atoms with Gasteiger partial charge in [-0.2, -0.15) is 13.2 Å². The quantitative estimate of drug-likeness (QED) is 0.336. The van der Waals surface area contributed by atoms with E-state index in [-0.39, 0.29) is 50.2 Å². The topological polar surface area (TPSA) is 73.8 Å². The Kier molecular flexibility index (Phi) is 7.18. The van der Waals surface area contributed by atoms with Crippen LogP contribution in [-0.4, -0.2) is 66.5 Å². The third kappa shape index (κ3) is 6.04. The molecule has 0 bridgehead atoms. The molecule has 1 aliphatic heterocycles. The summed E-state index contributed by atoms with van der Waals surface area (Å²) >= 11 is 0. The number of rotatable bonds is 8. The smallest absolute Gasteiger partial charge is 0.417 e. The molecule has 7 nitrogen and oxygen atoms in total. The van der Waals surface area contributed by atoms with Gasteiger partial charge in [0.2, 0.25) is 5.88 Å². The summed E-state index contributed by atoms with van der Waals surface area (Å²) in [5.74, 6) is -0.0227. The van der Waals surface area contributed by atoms with E-state index in [9.17, 15) is 22.4 Å². The maximum atomic E-state index is 15.0. The van der Waals surface area contributed by atoms with Gasteiger partial charge in [-0.05, 0) is 30.3 Å². The number of carbonyl (C=O) groups excluding carboxylic acids is 1. The maximum Gasteiger partial charge on any atom is 0.417 e. The number of hydrogen-bond donors (Lipinski definition) is 0. The monoisotopic (exact) mass is 493 g/mol. The van der Waals surface area contributed by atoms with Crippen LogP contribution < -0.4 is 4.74 Å². The number of benzene rings is 1. The van der Waals surface area contributed by atoms with Gasteiger partial charge in [0.05, 0.1) is 37.4 Å². The van der Waals surface area contributed by atoms with Crippen LogP contribution in [0.15, 0.2) is 48.7 Å². The zero-order chi connectivity index (χ0) is 25.1. The van der Waals surface area contributed by atoms with Gasteiger partial charge in [-0.1, -0.05) is 6.07 Å². The molecule has 1 unspecified atom stereocenters. The van der Waals surface area contributed by atoms with E-state index in [1.165, 1.54) is 18.1 Å². The van der Waals surface area contributed by atoms with Crippen molar-refractivity contribution < 1.29 is 36.6 Å². The normalized spacial score (nSPS) is 18.3. The van der Waals surface area contributed by atoms with E-state index < -0.39 is 17.4 Å². The summed E-state index contributed by atoms with van der Waals surface area (Å²) < 4.78 is 68.7. The van der Waals surface area contributed by atoms with E-state index >= 15 is 0 Å². The van der Waals surface area contributed by atoms with Gasteiger partial charge in [-0.15, -0.1) is 0 Å². The molecule has 2 aromatic heterocycles. The molecule has 0 radical (unpaired) electrons. The van der Waals surface area contributed by atoms with Crippen molar-refractivity contribution >= 4 is 16.8 Å². The molecule has 1 saturated heterocycles. The standard InChI is InChI=1S/C24H23F4N3O4/c1-33-10-11-34-15-23(25)8-9-31(14-23)22(32)20-5-2-16-12-18(4-6-19(16)30-20)35-21-7-3-17(13-29-21)24(26,27)28/h2-7,12-13H,8-11,14-15H2,1H3. The fraction of sp³-hybridized carbons (Fsp3) is 0.375. The zero-order valence-electron chi connectivity index (χ0n) is 18.8. The summed E-state index contributed by atoms with van der Waals surface area (Å²) in [6.07, 6.45) is -3.60. The van der Waals surface area contributed by atoms with Crippen LogP contribution in [0.3, 0.4) is 0 Å². The largest absolute Gasteiger partial charge is 0.439 e. The number of ether oxygens (including phenoxy) is 3. The van der Waals surface area contributed by atoms with Gasteiger partial charge in [0.1, 0.15) is 11.4 Å². The SMILES string of the molecule is COCCOCC1(F)CCN(C(=O)c2ccc3cc(Oc4ccc(C(F)(F)F)cn4)ccc3n2)C1. The molecular weight excluding hydrogens is 470 g/mol. The number of carbonyl (C=O) groups is 1. The minimum Gasteiger partial charge on any atom is -0.439 e. The number of methoxy groups -OCH3 is 1. The van der Waals surface area contributed by atoms with Crippen molar-refractivity contribution in [3.8, 4) is 11.6 Å². The number of fused-ring (bicyclic) bond motifs is 1. The second-order valence-corrected chi connectivity index (χ2v) is 8.21. The van der Waals surface area contributed by atoms with Crippen molar-refractivity contribution in [3.05, 3.63) is 59.9 Å². The van der Waals surface area contributed by atoms with Crippen molar-refractivity contribution in [1.82, 2.24) is 14.9 Å². The number of nitrogens with zero attached hydrogens (tertiary/aromatic N) is 3. The highest BCUT2D eigenvalue weighted by atomic mass is 19.4. The van der Waals surface area contributed by atoms with Gasteiger partial charge in [0, 0.05) is 37.7 Å². The fourth-order valence-electron chi connectivity index (χ4n) is 3.70. The molecule has 1 atom stereocenters. The molecule has 1 fully saturated rings. The van der Waals surface area contributed by atoms with Crippen molar-refractivity contribution in [2.24, 2.45) is 0 Å². The van der Waals surface area contributed by atoms with Gasteiger partial charge in [-0.25, -0.2) is 14.4 Å². The molecule has 11 heteroatoms. The molecule has 35 heavy (non-hydrogen) atoms. The first-order valence-corrected chi connectivity index (χ1v) is 10.8. The Bertz CT molecular complexity index is 1190. The van der Waals surface area contributed by atoms with Gasteiger partial charge in [0.25, 0.3) is 5.91 Å². The minimum absolute atomic E-state index is 0.00652. The highest BCUT2D eigenvalue weighted by Gasteiger charge is 2.41. The lowest BCUT2D eigenvalue weighted by Gasteiger charge is -2.21. The highest BCUT2D eigenvalue weighted by molar-refractivity contribution is 5.95. The molecule has 0 aliphatic carbocycles. The molecular formula is C24H23F4N3O4. The lowest BCUT2D eigenvalue weighted by atomic mass is 10.1. The molecule has 1 aromatic carbocycles. The number of alkyl halides is 4. The summed E-state index contributed by atoms with van der Waals surface area (Å²) in [5, 5.41) is 0.652. The number of amides is 1. The minimum atomic E-state index is -4.48. The molecule has 1 amide bonds. The van der Waals surface area contributed by atoms with Crippen molar-refractivity contribution in [2.75, 3.05) is 40.0 Å². The van der Waals surface area contributed by atoms with E-state index in [2.05, 4.69) is 9.97 Å². The zero-order valence-corrected chi connectivity index (χ0v) is 18.8. The summed E-state index contributed by atoms with van der Waals surface area (Å²) in [5.41, 5.74) is -1.79. The van der Waals surface area contributed by atoms with Gasteiger partial charge in [-0.3, -0.25) is 4.79 Å². The third-order valence-corrected chi connectivity index (χ3v) is 5.55. The Morgan fingerprint density at radius 1 is 1.14 bits per heavy atom. The molecule has 186 valence electrons. The number of pyridine rings is 2. The molecule has 0 N–H and O–H groups in total. The van der Waals surface area contributed by atoms with Crippen molar-refractivity contribution in [1.29, 1.82) is 0 Å². The predicted octanol–water partition coefficient (Wildman–Crippen LogP) is 4.66. The number of aromatic nitrogens is 2. The van der Waals surface area contributed by atoms with E-state index in [0.29, 0.717) is 29.5 Å². The van der Waals surface area contributed by atoms with E-state index in [1.807, 2.05) is 0 Å². The first kappa shape index (κ1) is 24.8. The average molecular weight is 493 g/mol. The van der Waals surface area contributed by atoms with Gasteiger partial charge in [0.15, 0.2) is 5.67 Å².